The van der Waals surface area contributed by atoms with Crippen molar-refractivity contribution >= 4 is 21.4 Å². The normalized spacial score (nSPS) is 10.8. The van der Waals surface area contributed by atoms with Gasteiger partial charge in [-0.2, -0.15) is 0 Å². The Kier molecular flexibility index (Phi) is 3.96. The van der Waals surface area contributed by atoms with Gasteiger partial charge in [0, 0.05) is 4.70 Å². The molecule has 108 valence electrons. The molecule has 3 rings (SSSR count). The molecule has 0 aliphatic heterocycles. The third-order valence-electron chi connectivity index (χ3n) is 2.92. The molecule has 0 radical (unpaired) electrons. The van der Waals surface area contributed by atoms with Gasteiger partial charge in [-0.15, -0.1) is 11.3 Å². The van der Waals surface area contributed by atoms with Crippen LogP contribution in [0.2, 0.25) is 0 Å². The van der Waals surface area contributed by atoms with Gasteiger partial charge in [0.15, 0.2) is 0 Å². The molecule has 0 fully saturated rings. The monoisotopic (exact) mass is 304 g/mol. The molecule has 2 aromatic heterocycles. The minimum Gasteiger partial charge on any atom is -0.497 e. The lowest BCUT2D eigenvalue weighted by Gasteiger charge is -2.02. The topological polar surface area (TPSA) is 44.2 Å². The van der Waals surface area contributed by atoms with Crippen LogP contribution in [0.1, 0.15) is 0 Å². The first kappa shape index (κ1) is 13.8. The molecule has 0 atom stereocenters. The molecule has 6 heteroatoms. The van der Waals surface area contributed by atoms with E-state index >= 15 is 0 Å². The Morgan fingerprint density at radius 1 is 1.24 bits per heavy atom. The first-order valence-corrected chi connectivity index (χ1v) is 7.20. The number of aromatic nitrogens is 2. The van der Waals surface area contributed by atoms with Crippen molar-refractivity contribution in [2.45, 2.75) is 0 Å². The van der Waals surface area contributed by atoms with Crippen LogP contribution in [0.25, 0.3) is 20.7 Å². The third-order valence-corrected chi connectivity index (χ3v) is 4.04. The van der Waals surface area contributed by atoms with Crippen molar-refractivity contribution in [3.8, 4) is 22.2 Å². The highest BCUT2D eigenvalue weighted by atomic mass is 32.1. The van der Waals surface area contributed by atoms with Crippen LogP contribution in [-0.4, -0.2) is 30.4 Å². The smallest absolute Gasteiger partial charge is 0.232 e. The average molecular weight is 304 g/mol. The summed E-state index contributed by atoms with van der Waals surface area (Å²) < 4.78 is 23.6. The standard InChI is InChI=1S/C15H13FN2O2S/c1-19-11-3-2-10-6-14(21-13(10)7-11)12-8-17-9-15(18-12)20-5-4-16/h2-3,6-9H,4-5H2,1H3. The predicted octanol–water partition coefficient (Wildman–Crippen LogP) is 3.72. The summed E-state index contributed by atoms with van der Waals surface area (Å²) in [7, 11) is 1.65. The average Bonchev–Trinajstić information content (AvgIpc) is 2.96. The van der Waals surface area contributed by atoms with E-state index in [9.17, 15) is 4.39 Å². The lowest BCUT2D eigenvalue weighted by molar-refractivity contribution is 0.264. The second-order valence-electron chi connectivity index (χ2n) is 4.29. The Morgan fingerprint density at radius 2 is 2.14 bits per heavy atom. The molecule has 0 aliphatic rings. The fourth-order valence-electron chi connectivity index (χ4n) is 1.94. The van der Waals surface area contributed by atoms with Crippen LogP contribution >= 0.6 is 11.3 Å². The van der Waals surface area contributed by atoms with Gasteiger partial charge in [-0.1, -0.05) is 0 Å². The highest BCUT2D eigenvalue weighted by Gasteiger charge is 2.08. The summed E-state index contributed by atoms with van der Waals surface area (Å²) in [6.45, 7) is -0.559. The highest BCUT2D eigenvalue weighted by molar-refractivity contribution is 7.22. The van der Waals surface area contributed by atoms with Crippen LogP contribution in [0.4, 0.5) is 4.39 Å². The largest absolute Gasteiger partial charge is 0.497 e. The second kappa shape index (κ2) is 6.05. The maximum absolute atomic E-state index is 12.1. The lowest BCUT2D eigenvalue weighted by Crippen LogP contribution is -2.01. The number of hydrogen-bond acceptors (Lipinski definition) is 5. The number of thiophene rings is 1. The van der Waals surface area contributed by atoms with E-state index in [0.29, 0.717) is 11.6 Å². The molecule has 0 saturated carbocycles. The van der Waals surface area contributed by atoms with Crippen LogP contribution in [-0.2, 0) is 0 Å². The summed E-state index contributed by atoms with van der Waals surface area (Å²) >= 11 is 1.60. The van der Waals surface area contributed by atoms with Gasteiger partial charge in [-0.25, -0.2) is 9.37 Å². The number of benzene rings is 1. The molecule has 0 aliphatic carbocycles. The van der Waals surface area contributed by atoms with Crippen molar-refractivity contribution in [1.82, 2.24) is 9.97 Å². The minimum absolute atomic E-state index is 0.0122. The molecule has 3 aromatic rings. The maximum Gasteiger partial charge on any atom is 0.232 e. The van der Waals surface area contributed by atoms with E-state index in [2.05, 4.69) is 9.97 Å². The molecule has 0 N–H and O–H groups in total. The minimum atomic E-state index is -0.547. The summed E-state index contributed by atoms with van der Waals surface area (Å²) in [5.41, 5.74) is 0.714. The molecule has 0 bridgehead atoms. The fourth-order valence-corrected chi connectivity index (χ4v) is 2.99. The number of ether oxygens (including phenoxy) is 2. The van der Waals surface area contributed by atoms with Crippen molar-refractivity contribution in [3.63, 3.8) is 0 Å². The molecule has 0 saturated heterocycles. The SMILES string of the molecule is COc1ccc2cc(-c3cncc(OCCF)n3)sc2c1. The molecule has 4 nitrogen and oxygen atoms in total. The lowest BCUT2D eigenvalue weighted by atomic mass is 10.2. The van der Waals surface area contributed by atoms with E-state index in [1.54, 1.807) is 24.6 Å². The zero-order valence-electron chi connectivity index (χ0n) is 11.4. The highest BCUT2D eigenvalue weighted by Crippen LogP contribution is 2.34. The Balaban J connectivity index is 1.96. The third kappa shape index (κ3) is 2.95. The van der Waals surface area contributed by atoms with Gasteiger partial charge in [-0.05, 0) is 29.7 Å². The number of methoxy groups -OCH3 is 1. The van der Waals surface area contributed by atoms with Gasteiger partial charge in [0.05, 0.1) is 24.4 Å². The first-order chi connectivity index (χ1) is 10.3. The maximum atomic E-state index is 12.1. The number of hydrogen-bond donors (Lipinski definition) is 0. The molecule has 0 spiro atoms. The van der Waals surface area contributed by atoms with Gasteiger partial charge < -0.3 is 9.47 Å². The van der Waals surface area contributed by atoms with Crippen molar-refractivity contribution < 1.29 is 13.9 Å². The summed E-state index contributed by atoms with van der Waals surface area (Å²) in [5.74, 6) is 1.15. The van der Waals surface area contributed by atoms with Crippen LogP contribution < -0.4 is 9.47 Å². The van der Waals surface area contributed by atoms with Crippen molar-refractivity contribution in [2.24, 2.45) is 0 Å². The number of alkyl halides is 1. The van der Waals surface area contributed by atoms with Crippen molar-refractivity contribution in [2.75, 3.05) is 20.4 Å². The second-order valence-corrected chi connectivity index (χ2v) is 5.38. The number of rotatable bonds is 5. The van der Waals surface area contributed by atoms with Gasteiger partial charge in [0.25, 0.3) is 0 Å². The molecular weight excluding hydrogens is 291 g/mol. The number of nitrogens with zero attached hydrogens (tertiary/aromatic N) is 2. The molecular formula is C15H13FN2O2S. The summed E-state index contributed by atoms with van der Waals surface area (Å²) in [5, 5.41) is 1.12. The first-order valence-electron chi connectivity index (χ1n) is 6.39. The van der Waals surface area contributed by atoms with E-state index < -0.39 is 6.67 Å². The van der Waals surface area contributed by atoms with Crippen LogP contribution in [0.3, 0.4) is 0 Å². The summed E-state index contributed by atoms with van der Waals surface area (Å²) in [4.78, 5) is 9.42. The van der Waals surface area contributed by atoms with E-state index in [0.717, 1.165) is 20.7 Å². The van der Waals surface area contributed by atoms with Gasteiger partial charge in [-0.3, -0.25) is 4.98 Å². The van der Waals surface area contributed by atoms with Gasteiger partial charge in [0.2, 0.25) is 5.88 Å². The van der Waals surface area contributed by atoms with E-state index in [-0.39, 0.29) is 6.61 Å². The van der Waals surface area contributed by atoms with Crippen molar-refractivity contribution in [1.29, 1.82) is 0 Å². The van der Waals surface area contributed by atoms with Crippen LogP contribution in [0, 0.1) is 0 Å². The number of halogens is 1. The molecule has 0 unspecified atom stereocenters. The zero-order valence-corrected chi connectivity index (χ0v) is 12.2. The summed E-state index contributed by atoms with van der Waals surface area (Å²) in [6.07, 6.45) is 3.15. The Hall–Kier alpha value is -2.21. The zero-order chi connectivity index (χ0) is 14.7. The molecule has 21 heavy (non-hydrogen) atoms. The van der Waals surface area contributed by atoms with Gasteiger partial charge in [0.1, 0.15) is 24.7 Å². The van der Waals surface area contributed by atoms with Crippen molar-refractivity contribution in [3.05, 3.63) is 36.7 Å². The van der Waals surface area contributed by atoms with Crippen LogP contribution in [0.5, 0.6) is 11.6 Å². The number of fused-ring (bicyclic) bond motifs is 1. The Labute approximate surface area is 125 Å². The molecule has 1 aromatic carbocycles. The Bertz CT molecular complexity index is 760. The predicted molar refractivity (Wildman–Crippen MR) is 80.9 cm³/mol. The fraction of sp³-hybridized carbons (Fsp3) is 0.200. The van der Waals surface area contributed by atoms with E-state index in [4.69, 9.17) is 9.47 Å². The van der Waals surface area contributed by atoms with Crippen LogP contribution in [0.15, 0.2) is 36.7 Å². The van der Waals surface area contributed by atoms with Gasteiger partial charge >= 0.3 is 0 Å². The quantitative estimate of drug-likeness (QED) is 0.720. The van der Waals surface area contributed by atoms with E-state index in [1.807, 2.05) is 24.3 Å². The van der Waals surface area contributed by atoms with E-state index in [1.165, 1.54) is 6.20 Å². The Morgan fingerprint density at radius 3 is 2.95 bits per heavy atom. The summed E-state index contributed by atoms with van der Waals surface area (Å²) in [6, 6.07) is 7.96. The molecule has 2 heterocycles. The molecule has 0 amide bonds.